The first kappa shape index (κ1) is 22.5. The van der Waals surface area contributed by atoms with Gasteiger partial charge in [0.2, 0.25) is 0 Å². The van der Waals surface area contributed by atoms with Gasteiger partial charge < -0.3 is 20.7 Å². The molecule has 2 aromatic heterocycles. The third-order valence-corrected chi connectivity index (χ3v) is 5.22. The summed E-state index contributed by atoms with van der Waals surface area (Å²) in [5, 5.41) is 2.67. The number of nitrogens with one attached hydrogen (secondary N) is 1. The van der Waals surface area contributed by atoms with Gasteiger partial charge in [-0.15, -0.1) is 13.2 Å². The molecular weight excluding hydrogens is 435 g/mol. The zero-order valence-corrected chi connectivity index (χ0v) is 17.8. The number of carbonyl (C=O) groups is 1. The lowest BCUT2D eigenvalue weighted by Gasteiger charge is -2.21. The van der Waals surface area contributed by atoms with E-state index in [0.717, 1.165) is 47.7 Å². The van der Waals surface area contributed by atoms with Crippen molar-refractivity contribution >= 4 is 17.4 Å². The van der Waals surface area contributed by atoms with Crippen LogP contribution in [0.1, 0.15) is 22.5 Å². The van der Waals surface area contributed by atoms with Gasteiger partial charge in [0, 0.05) is 54.0 Å². The lowest BCUT2D eigenvalue weighted by Crippen LogP contribution is -2.27. The van der Waals surface area contributed by atoms with Crippen LogP contribution in [0.2, 0.25) is 0 Å². The standard InChI is InChI=1S/C23H22F3N5O2/c1-14-2-3-15(11-28-14)20-10-16(12-29-21(20)31-9-8-17(27)13-31)22(32)30-18-4-6-19(7-5-18)33-23(24,25)26/h2-7,10-12,17H,8-9,13,27H2,1H3,(H,30,32). The second-order valence-corrected chi connectivity index (χ2v) is 7.80. The highest BCUT2D eigenvalue weighted by atomic mass is 19.4. The fourth-order valence-electron chi connectivity index (χ4n) is 3.60. The van der Waals surface area contributed by atoms with E-state index < -0.39 is 12.3 Å². The molecule has 3 heterocycles. The van der Waals surface area contributed by atoms with Crippen molar-refractivity contribution in [1.29, 1.82) is 0 Å². The van der Waals surface area contributed by atoms with Crippen LogP contribution in [-0.4, -0.2) is 41.4 Å². The Morgan fingerprint density at radius 2 is 1.91 bits per heavy atom. The van der Waals surface area contributed by atoms with Gasteiger partial charge in [-0.05, 0) is 49.7 Å². The summed E-state index contributed by atoms with van der Waals surface area (Å²) in [5.74, 6) is -0.0960. The molecule has 7 nitrogen and oxygen atoms in total. The average Bonchev–Trinajstić information content (AvgIpc) is 3.20. The maximum atomic E-state index is 12.8. The Bertz CT molecular complexity index is 1130. The lowest BCUT2D eigenvalue weighted by atomic mass is 10.1. The zero-order chi connectivity index (χ0) is 23.6. The second-order valence-electron chi connectivity index (χ2n) is 7.80. The van der Waals surface area contributed by atoms with Crippen molar-refractivity contribution in [1.82, 2.24) is 9.97 Å². The van der Waals surface area contributed by atoms with Crippen LogP contribution in [0.5, 0.6) is 5.75 Å². The minimum atomic E-state index is -4.78. The van der Waals surface area contributed by atoms with Gasteiger partial charge >= 0.3 is 6.36 Å². The summed E-state index contributed by atoms with van der Waals surface area (Å²) < 4.78 is 40.8. The van der Waals surface area contributed by atoms with Crippen LogP contribution in [0.3, 0.4) is 0 Å². The van der Waals surface area contributed by atoms with E-state index in [1.165, 1.54) is 18.3 Å². The number of aryl methyl sites for hydroxylation is 1. The second kappa shape index (κ2) is 9.07. The molecule has 172 valence electrons. The number of benzene rings is 1. The number of nitrogens with two attached hydrogens (primary N) is 1. The molecule has 3 aromatic rings. The molecule has 1 aliphatic heterocycles. The summed E-state index contributed by atoms with van der Waals surface area (Å²) in [6.07, 6.45) is -0.726. The van der Waals surface area contributed by atoms with Crippen LogP contribution in [0.4, 0.5) is 24.7 Å². The largest absolute Gasteiger partial charge is 0.573 e. The van der Waals surface area contributed by atoms with Crippen molar-refractivity contribution in [3.8, 4) is 16.9 Å². The van der Waals surface area contributed by atoms with Crippen molar-refractivity contribution in [3.05, 3.63) is 66.1 Å². The molecule has 0 radical (unpaired) electrons. The Balaban J connectivity index is 1.59. The normalized spacial score (nSPS) is 16.0. The van der Waals surface area contributed by atoms with Crippen molar-refractivity contribution < 1.29 is 22.7 Å². The molecule has 1 unspecified atom stereocenters. The predicted octanol–water partition coefficient (Wildman–Crippen LogP) is 4.14. The summed E-state index contributed by atoms with van der Waals surface area (Å²) in [5.41, 5.74) is 9.11. The molecule has 1 saturated heterocycles. The first-order valence-electron chi connectivity index (χ1n) is 10.3. The SMILES string of the molecule is Cc1ccc(-c2cc(C(=O)Nc3ccc(OC(F)(F)F)cc3)cnc2N2CCC(N)C2)cn1. The van der Waals surface area contributed by atoms with Crippen LogP contribution < -0.4 is 20.7 Å². The molecule has 33 heavy (non-hydrogen) atoms. The number of halogens is 3. The quantitative estimate of drug-likeness (QED) is 0.598. The van der Waals surface area contributed by atoms with Crippen LogP contribution in [-0.2, 0) is 0 Å². The summed E-state index contributed by atoms with van der Waals surface area (Å²) in [6, 6.07) is 10.5. The van der Waals surface area contributed by atoms with E-state index in [4.69, 9.17) is 5.73 Å². The van der Waals surface area contributed by atoms with Crippen LogP contribution in [0.25, 0.3) is 11.1 Å². The molecule has 0 spiro atoms. The third-order valence-electron chi connectivity index (χ3n) is 5.22. The minimum Gasteiger partial charge on any atom is -0.406 e. The first-order valence-corrected chi connectivity index (χ1v) is 10.3. The molecule has 1 fully saturated rings. The molecule has 1 amide bonds. The molecule has 1 atom stereocenters. The van der Waals surface area contributed by atoms with E-state index in [1.54, 1.807) is 12.3 Å². The summed E-state index contributed by atoms with van der Waals surface area (Å²) in [4.78, 5) is 23.8. The number of carbonyl (C=O) groups excluding carboxylic acids is 1. The van der Waals surface area contributed by atoms with E-state index in [1.807, 2.05) is 19.1 Å². The van der Waals surface area contributed by atoms with E-state index in [9.17, 15) is 18.0 Å². The molecule has 0 bridgehead atoms. The fraction of sp³-hybridized carbons (Fsp3) is 0.261. The molecule has 0 aliphatic carbocycles. The number of alkyl halides is 3. The molecule has 1 aromatic carbocycles. The van der Waals surface area contributed by atoms with Gasteiger partial charge in [0.25, 0.3) is 5.91 Å². The lowest BCUT2D eigenvalue weighted by molar-refractivity contribution is -0.274. The predicted molar refractivity (Wildman–Crippen MR) is 118 cm³/mol. The van der Waals surface area contributed by atoms with Crippen LogP contribution in [0, 0.1) is 6.92 Å². The Hall–Kier alpha value is -3.66. The zero-order valence-electron chi connectivity index (χ0n) is 17.8. The van der Waals surface area contributed by atoms with E-state index in [0.29, 0.717) is 17.8 Å². The van der Waals surface area contributed by atoms with Gasteiger partial charge in [-0.3, -0.25) is 9.78 Å². The Labute approximate surface area is 188 Å². The van der Waals surface area contributed by atoms with Gasteiger partial charge in [-0.2, -0.15) is 0 Å². The minimum absolute atomic E-state index is 0.0584. The first-order chi connectivity index (χ1) is 15.7. The molecule has 1 aliphatic rings. The Morgan fingerprint density at radius 1 is 1.15 bits per heavy atom. The molecule has 4 rings (SSSR count). The number of amides is 1. The number of aromatic nitrogens is 2. The number of hydrogen-bond donors (Lipinski definition) is 2. The average molecular weight is 457 g/mol. The van der Waals surface area contributed by atoms with Gasteiger partial charge in [0.15, 0.2) is 0 Å². The van der Waals surface area contributed by atoms with Gasteiger partial charge in [-0.1, -0.05) is 6.07 Å². The summed E-state index contributed by atoms with van der Waals surface area (Å²) in [6.45, 7) is 3.31. The van der Waals surface area contributed by atoms with Gasteiger partial charge in [0.05, 0.1) is 5.56 Å². The van der Waals surface area contributed by atoms with Crippen molar-refractivity contribution in [3.63, 3.8) is 0 Å². The van der Waals surface area contributed by atoms with Crippen LogP contribution in [0.15, 0.2) is 54.9 Å². The van der Waals surface area contributed by atoms with E-state index in [2.05, 4.69) is 24.9 Å². The Morgan fingerprint density at radius 3 is 2.52 bits per heavy atom. The van der Waals surface area contributed by atoms with E-state index in [-0.39, 0.29) is 11.8 Å². The maximum Gasteiger partial charge on any atom is 0.573 e. The molecule has 0 saturated carbocycles. The number of anilines is 2. The Kier molecular flexibility index (Phi) is 6.19. The third kappa shape index (κ3) is 5.58. The van der Waals surface area contributed by atoms with Crippen molar-refractivity contribution in [2.24, 2.45) is 5.73 Å². The van der Waals surface area contributed by atoms with Gasteiger partial charge in [0.1, 0.15) is 11.6 Å². The number of nitrogens with zero attached hydrogens (tertiary/aromatic N) is 3. The highest BCUT2D eigenvalue weighted by Gasteiger charge is 2.31. The van der Waals surface area contributed by atoms with Gasteiger partial charge in [-0.25, -0.2) is 4.98 Å². The highest BCUT2D eigenvalue weighted by molar-refractivity contribution is 6.05. The summed E-state index contributed by atoms with van der Waals surface area (Å²) in [7, 11) is 0. The molecule has 3 N–H and O–H groups in total. The molecule has 10 heteroatoms. The number of ether oxygens (including phenoxy) is 1. The van der Waals surface area contributed by atoms with Crippen LogP contribution >= 0.6 is 0 Å². The number of pyridine rings is 2. The highest BCUT2D eigenvalue weighted by Crippen LogP contribution is 2.32. The summed E-state index contributed by atoms with van der Waals surface area (Å²) >= 11 is 0. The fourth-order valence-corrected chi connectivity index (χ4v) is 3.60. The molecular formula is C23H22F3N5O2. The van der Waals surface area contributed by atoms with E-state index >= 15 is 0 Å². The topological polar surface area (TPSA) is 93.4 Å². The maximum absolute atomic E-state index is 12.8. The smallest absolute Gasteiger partial charge is 0.406 e. The monoisotopic (exact) mass is 457 g/mol. The van der Waals surface area contributed by atoms with Crippen molar-refractivity contribution in [2.45, 2.75) is 25.7 Å². The van der Waals surface area contributed by atoms with Crippen molar-refractivity contribution in [2.75, 3.05) is 23.3 Å². The number of rotatable bonds is 5. The number of hydrogen-bond acceptors (Lipinski definition) is 6.